The molecular weight excluding hydrogens is 144 g/mol. The van der Waals surface area contributed by atoms with Crippen LogP contribution in [0.1, 0.15) is 20.3 Å². The van der Waals surface area contributed by atoms with Crippen LogP contribution in [0.25, 0.3) is 0 Å². The summed E-state index contributed by atoms with van der Waals surface area (Å²) in [7, 11) is 0. The van der Waals surface area contributed by atoms with Crippen LogP contribution >= 0.6 is 0 Å². The van der Waals surface area contributed by atoms with Gasteiger partial charge in [0.05, 0.1) is 6.10 Å². The summed E-state index contributed by atoms with van der Waals surface area (Å²) in [6.07, 6.45) is 1.20. The van der Waals surface area contributed by atoms with E-state index in [1.807, 2.05) is 0 Å². The molecule has 0 N–H and O–H groups in total. The molecule has 64 valence electrons. The summed E-state index contributed by atoms with van der Waals surface area (Å²) < 4.78 is 10.2. The van der Waals surface area contributed by atoms with E-state index in [0.717, 1.165) is 13.0 Å². The van der Waals surface area contributed by atoms with Gasteiger partial charge in [-0.15, -0.1) is 0 Å². The van der Waals surface area contributed by atoms with Crippen molar-refractivity contribution in [2.45, 2.75) is 26.4 Å². The van der Waals surface area contributed by atoms with Crippen molar-refractivity contribution in [2.75, 3.05) is 13.2 Å². The Kier molecular flexibility index (Phi) is 2.88. The van der Waals surface area contributed by atoms with Gasteiger partial charge in [-0.25, -0.2) is 0 Å². The molecule has 0 spiro atoms. The predicted octanol–water partition coefficient (Wildman–Crippen LogP) is 0.974. The van der Waals surface area contributed by atoms with Gasteiger partial charge in [0.1, 0.15) is 6.61 Å². The molecule has 0 radical (unpaired) electrons. The summed E-state index contributed by atoms with van der Waals surface area (Å²) in [5.41, 5.74) is 0. The van der Waals surface area contributed by atoms with Crippen molar-refractivity contribution >= 4 is 5.97 Å². The van der Waals surface area contributed by atoms with Crippen molar-refractivity contribution in [1.29, 1.82) is 0 Å². The number of esters is 1. The average molecular weight is 158 g/mol. The fourth-order valence-electron chi connectivity index (χ4n) is 1.17. The van der Waals surface area contributed by atoms with Gasteiger partial charge in [-0.2, -0.15) is 0 Å². The molecule has 1 fully saturated rings. The predicted molar refractivity (Wildman–Crippen MR) is 40.2 cm³/mol. The molecule has 0 bridgehead atoms. The number of hydrogen-bond donors (Lipinski definition) is 0. The highest BCUT2D eigenvalue weighted by molar-refractivity contribution is 5.65. The Hall–Kier alpha value is -0.570. The third kappa shape index (κ3) is 2.50. The molecule has 1 rings (SSSR count). The van der Waals surface area contributed by atoms with E-state index in [4.69, 9.17) is 9.47 Å². The van der Waals surface area contributed by atoms with Gasteiger partial charge in [0, 0.05) is 13.5 Å². The summed E-state index contributed by atoms with van der Waals surface area (Å²) in [6.45, 7) is 4.74. The lowest BCUT2D eigenvalue weighted by molar-refractivity contribution is -0.144. The molecule has 0 aromatic rings. The van der Waals surface area contributed by atoms with Crippen LogP contribution in [0.2, 0.25) is 0 Å². The first-order valence-corrected chi connectivity index (χ1v) is 3.95. The number of carbonyl (C=O) groups excluding carboxylic acids is 1. The van der Waals surface area contributed by atoms with Crippen LogP contribution in [0.15, 0.2) is 0 Å². The average Bonchev–Trinajstić information content (AvgIpc) is 2.31. The van der Waals surface area contributed by atoms with Crippen LogP contribution in [0, 0.1) is 5.92 Å². The first kappa shape index (κ1) is 8.53. The molecule has 3 nitrogen and oxygen atoms in total. The highest BCUT2D eigenvalue weighted by Gasteiger charge is 2.24. The van der Waals surface area contributed by atoms with Crippen molar-refractivity contribution in [2.24, 2.45) is 5.92 Å². The quantitative estimate of drug-likeness (QED) is 0.562. The topological polar surface area (TPSA) is 35.5 Å². The molecule has 1 saturated heterocycles. The minimum absolute atomic E-state index is 0.124. The minimum atomic E-state index is -0.229. The van der Waals surface area contributed by atoms with Crippen LogP contribution in [-0.4, -0.2) is 25.3 Å². The molecule has 0 aliphatic carbocycles. The normalized spacial score (nSPS) is 30.4. The Labute approximate surface area is 66.7 Å². The highest BCUT2D eigenvalue weighted by Crippen LogP contribution is 2.19. The number of carbonyl (C=O) groups is 1. The molecule has 11 heavy (non-hydrogen) atoms. The van der Waals surface area contributed by atoms with E-state index < -0.39 is 0 Å². The summed E-state index contributed by atoms with van der Waals surface area (Å²) in [4.78, 5) is 10.4. The summed E-state index contributed by atoms with van der Waals surface area (Å²) in [6, 6.07) is 0. The maximum atomic E-state index is 10.4. The second-order valence-corrected chi connectivity index (χ2v) is 2.98. The molecule has 1 aliphatic rings. The Morgan fingerprint density at radius 3 is 2.91 bits per heavy atom. The fraction of sp³-hybridized carbons (Fsp3) is 0.875. The zero-order valence-electron chi connectivity index (χ0n) is 7.00. The van der Waals surface area contributed by atoms with E-state index in [1.54, 1.807) is 0 Å². The van der Waals surface area contributed by atoms with Gasteiger partial charge in [0.15, 0.2) is 0 Å². The standard InChI is InChI=1S/C8H14O3/c1-6-3-4-10-8(6)5-11-7(2)9/h6,8H,3-5H2,1-2H3. The van der Waals surface area contributed by atoms with Crippen LogP contribution in [0.5, 0.6) is 0 Å². The second kappa shape index (κ2) is 3.72. The van der Waals surface area contributed by atoms with E-state index >= 15 is 0 Å². The molecular formula is C8H14O3. The summed E-state index contributed by atoms with van der Waals surface area (Å²) in [5, 5.41) is 0. The number of hydrogen-bond acceptors (Lipinski definition) is 3. The van der Waals surface area contributed by atoms with Gasteiger partial charge in [-0.05, 0) is 12.3 Å². The van der Waals surface area contributed by atoms with Crippen molar-refractivity contribution in [1.82, 2.24) is 0 Å². The van der Waals surface area contributed by atoms with Crippen LogP contribution in [0.4, 0.5) is 0 Å². The minimum Gasteiger partial charge on any atom is -0.463 e. The van der Waals surface area contributed by atoms with Crippen molar-refractivity contribution in [3.63, 3.8) is 0 Å². The summed E-state index contributed by atoms with van der Waals surface area (Å²) >= 11 is 0. The molecule has 0 amide bonds. The highest BCUT2D eigenvalue weighted by atomic mass is 16.6. The van der Waals surface area contributed by atoms with Crippen LogP contribution in [-0.2, 0) is 14.3 Å². The zero-order valence-corrected chi connectivity index (χ0v) is 7.00. The van der Waals surface area contributed by atoms with Gasteiger partial charge in [-0.1, -0.05) is 6.92 Å². The third-order valence-corrected chi connectivity index (χ3v) is 1.99. The first-order chi connectivity index (χ1) is 5.20. The van der Waals surface area contributed by atoms with E-state index in [1.165, 1.54) is 6.92 Å². The van der Waals surface area contributed by atoms with E-state index in [9.17, 15) is 4.79 Å². The van der Waals surface area contributed by atoms with Gasteiger partial charge >= 0.3 is 5.97 Å². The van der Waals surface area contributed by atoms with Gasteiger partial charge in [0.25, 0.3) is 0 Å². The van der Waals surface area contributed by atoms with Crippen molar-refractivity contribution in [3.05, 3.63) is 0 Å². The molecule has 0 aromatic heterocycles. The van der Waals surface area contributed by atoms with E-state index in [-0.39, 0.29) is 12.1 Å². The van der Waals surface area contributed by atoms with Crippen LogP contribution in [0.3, 0.4) is 0 Å². The monoisotopic (exact) mass is 158 g/mol. The van der Waals surface area contributed by atoms with Gasteiger partial charge < -0.3 is 9.47 Å². The van der Waals surface area contributed by atoms with E-state index in [0.29, 0.717) is 12.5 Å². The Balaban J connectivity index is 2.20. The lowest BCUT2D eigenvalue weighted by Crippen LogP contribution is -2.21. The maximum absolute atomic E-state index is 10.4. The fourth-order valence-corrected chi connectivity index (χ4v) is 1.17. The molecule has 0 aromatic carbocycles. The zero-order chi connectivity index (χ0) is 8.27. The lowest BCUT2D eigenvalue weighted by atomic mass is 10.1. The second-order valence-electron chi connectivity index (χ2n) is 2.98. The maximum Gasteiger partial charge on any atom is 0.302 e. The number of rotatable bonds is 2. The smallest absolute Gasteiger partial charge is 0.302 e. The van der Waals surface area contributed by atoms with E-state index in [2.05, 4.69) is 6.92 Å². The SMILES string of the molecule is CC(=O)OCC1OCCC1C. The van der Waals surface area contributed by atoms with Crippen molar-refractivity contribution in [3.8, 4) is 0 Å². The van der Waals surface area contributed by atoms with Gasteiger partial charge in [-0.3, -0.25) is 4.79 Å². The third-order valence-electron chi connectivity index (χ3n) is 1.99. The Morgan fingerprint density at radius 1 is 1.73 bits per heavy atom. The molecule has 2 atom stereocenters. The van der Waals surface area contributed by atoms with Gasteiger partial charge in [0.2, 0.25) is 0 Å². The number of ether oxygens (including phenoxy) is 2. The Bertz CT molecular complexity index is 144. The van der Waals surface area contributed by atoms with Crippen LogP contribution < -0.4 is 0 Å². The molecule has 0 saturated carbocycles. The molecule has 2 unspecified atom stereocenters. The van der Waals surface area contributed by atoms with Crippen molar-refractivity contribution < 1.29 is 14.3 Å². The molecule has 3 heteroatoms. The first-order valence-electron chi connectivity index (χ1n) is 3.95. The molecule has 1 aliphatic heterocycles. The summed E-state index contributed by atoms with van der Waals surface area (Å²) in [5.74, 6) is 0.294. The molecule has 1 heterocycles. The Morgan fingerprint density at radius 2 is 2.45 bits per heavy atom. The largest absolute Gasteiger partial charge is 0.463 e. The lowest BCUT2D eigenvalue weighted by Gasteiger charge is -2.13.